The van der Waals surface area contributed by atoms with Crippen molar-refractivity contribution in [3.8, 4) is 23.0 Å². The highest BCUT2D eigenvalue weighted by atomic mass is 16.5. The van der Waals surface area contributed by atoms with Gasteiger partial charge in [-0.05, 0) is 69.9 Å². The number of ether oxygens (including phenoxy) is 1. The molecule has 0 aliphatic rings. The Morgan fingerprint density at radius 1 is 0.828 bits per heavy atom. The molecule has 0 unspecified atom stereocenters. The zero-order valence-electron chi connectivity index (χ0n) is 17.8. The van der Waals surface area contributed by atoms with Crippen molar-refractivity contribution < 1.29 is 20.1 Å². The van der Waals surface area contributed by atoms with Gasteiger partial charge in [0.25, 0.3) is 0 Å². The number of hydrogen-bond donors (Lipinski definition) is 3. The molecule has 0 aliphatic heterocycles. The van der Waals surface area contributed by atoms with Gasteiger partial charge in [-0.3, -0.25) is 0 Å². The van der Waals surface area contributed by atoms with E-state index in [1.807, 2.05) is 39.8 Å². The van der Waals surface area contributed by atoms with Gasteiger partial charge in [-0.15, -0.1) is 0 Å². The Kier molecular flexibility index (Phi) is 7.54. The predicted molar refractivity (Wildman–Crippen MR) is 120 cm³/mol. The van der Waals surface area contributed by atoms with Crippen molar-refractivity contribution >= 4 is 12.2 Å². The Balaban J connectivity index is 2.59. The third-order valence-corrected chi connectivity index (χ3v) is 4.49. The predicted octanol–water partition coefficient (Wildman–Crippen LogP) is 6.00. The van der Waals surface area contributed by atoms with E-state index in [0.717, 1.165) is 22.3 Å². The highest BCUT2D eigenvalue weighted by Gasteiger charge is 2.16. The molecule has 3 N–H and O–H groups in total. The fourth-order valence-electron chi connectivity index (χ4n) is 3.03. The van der Waals surface area contributed by atoms with E-state index >= 15 is 0 Å². The maximum atomic E-state index is 10.9. The molecule has 0 fully saturated rings. The van der Waals surface area contributed by atoms with E-state index in [1.165, 1.54) is 11.6 Å². The van der Waals surface area contributed by atoms with Crippen LogP contribution in [0, 0.1) is 0 Å². The lowest BCUT2D eigenvalue weighted by Crippen LogP contribution is -1.99. The van der Waals surface area contributed by atoms with Gasteiger partial charge < -0.3 is 20.1 Å². The minimum absolute atomic E-state index is 0.00387. The summed E-state index contributed by atoms with van der Waals surface area (Å²) >= 11 is 0. The van der Waals surface area contributed by atoms with Crippen LogP contribution in [-0.2, 0) is 12.8 Å². The summed E-state index contributed by atoms with van der Waals surface area (Å²) in [6, 6.07) is 6.33. The third-order valence-electron chi connectivity index (χ3n) is 4.49. The molecular weight excluding hydrogens is 364 g/mol. The highest BCUT2D eigenvalue weighted by molar-refractivity contribution is 5.76. The maximum Gasteiger partial charge on any atom is 0.133 e. The Bertz CT molecular complexity index is 937. The van der Waals surface area contributed by atoms with Gasteiger partial charge >= 0.3 is 0 Å². The number of benzene rings is 2. The number of methoxy groups -OCH3 is 1. The van der Waals surface area contributed by atoms with Gasteiger partial charge in [-0.1, -0.05) is 35.5 Å². The van der Waals surface area contributed by atoms with Crippen LogP contribution in [-0.4, -0.2) is 22.4 Å². The molecular formula is C25H30O4. The van der Waals surface area contributed by atoms with E-state index < -0.39 is 0 Å². The van der Waals surface area contributed by atoms with Crippen LogP contribution in [0.1, 0.15) is 49.9 Å². The van der Waals surface area contributed by atoms with Crippen LogP contribution >= 0.6 is 0 Å². The average molecular weight is 395 g/mol. The first-order valence-electron chi connectivity index (χ1n) is 9.60. The number of rotatable bonds is 7. The molecule has 29 heavy (non-hydrogen) atoms. The Morgan fingerprint density at radius 3 is 1.97 bits per heavy atom. The van der Waals surface area contributed by atoms with Crippen molar-refractivity contribution in [1.29, 1.82) is 0 Å². The average Bonchev–Trinajstić information content (AvgIpc) is 2.63. The molecule has 0 saturated carbocycles. The molecule has 2 aromatic rings. The van der Waals surface area contributed by atoms with Crippen molar-refractivity contribution in [2.24, 2.45) is 0 Å². The molecule has 0 aliphatic carbocycles. The van der Waals surface area contributed by atoms with E-state index in [4.69, 9.17) is 4.74 Å². The van der Waals surface area contributed by atoms with Crippen molar-refractivity contribution in [3.05, 3.63) is 69.8 Å². The number of aromatic hydroxyl groups is 3. The van der Waals surface area contributed by atoms with Gasteiger partial charge in [0.1, 0.15) is 23.0 Å². The zero-order chi connectivity index (χ0) is 21.6. The van der Waals surface area contributed by atoms with Crippen LogP contribution in [0.15, 0.2) is 47.6 Å². The molecule has 0 aromatic heterocycles. The van der Waals surface area contributed by atoms with Crippen LogP contribution in [0.5, 0.6) is 23.0 Å². The monoisotopic (exact) mass is 394 g/mol. The molecule has 154 valence electrons. The standard InChI is InChI=1S/C25H30O4/c1-16(2)6-9-19-14-20(10-8-18-12-21(26)15-22(27)13-18)25(29-5)23(24(19)28)11-7-17(3)4/h6-8,10,12-15,26-28H,9,11H2,1-5H3/b10-8+. The molecule has 0 amide bonds. The van der Waals surface area contributed by atoms with Crippen molar-refractivity contribution in [2.75, 3.05) is 7.11 Å². The molecule has 4 heteroatoms. The maximum absolute atomic E-state index is 10.9. The van der Waals surface area contributed by atoms with Crippen LogP contribution in [0.2, 0.25) is 0 Å². The van der Waals surface area contributed by atoms with Gasteiger partial charge in [-0.2, -0.15) is 0 Å². The quantitative estimate of drug-likeness (QED) is 0.398. The number of allylic oxidation sites excluding steroid dienone is 4. The fraction of sp³-hybridized carbons (Fsp3) is 0.280. The molecule has 0 heterocycles. The molecule has 0 atom stereocenters. The smallest absolute Gasteiger partial charge is 0.133 e. The summed E-state index contributed by atoms with van der Waals surface area (Å²) in [5, 5.41) is 30.3. The Morgan fingerprint density at radius 2 is 1.41 bits per heavy atom. The first-order chi connectivity index (χ1) is 13.7. The summed E-state index contributed by atoms with van der Waals surface area (Å²) in [4.78, 5) is 0. The minimum Gasteiger partial charge on any atom is -0.508 e. The van der Waals surface area contributed by atoms with Crippen LogP contribution in [0.3, 0.4) is 0 Å². The number of phenolic OH excluding ortho intramolecular Hbond substituents is 3. The summed E-state index contributed by atoms with van der Waals surface area (Å²) in [7, 11) is 1.59. The first-order valence-corrected chi connectivity index (χ1v) is 9.60. The lowest BCUT2D eigenvalue weighted by Gasteiger charge is -2.16. The van der Waals surface area contributed by atoms with E-state index in [0.29, 0.717) is 24.2 Å². The summed E-state index contributed by atoms with van der Waals surface area (Å²) < 4.78 is 5.65. The van der Waals surface area contributed by atoms with Crippen LogP contribution in [0.4, 0.5) is 0 Å². The highest BCUT2D eigenvalue weighted by Crippen LogP contribution is 2.37. The molecule has 4 nitrogen and oxygen atoms in total. The van der Waals surface area contributed by atoms with E-state index in [2.05, 4.69) is 12.2 Å². The van der Waals surface area contributed by atoms with Crippen LogP contribution in [0.25, 0.3) is 12.2 Å². The van der Waals surface area contributed by atoms with Crippen molar-refractivity contribution in [1.82, 2.24) is 0 Å². The lowest BCUT2D eigenvalue weighted by molar-refractivity contribution is 0.399. The number of phenols is 3. The molecule has 2 aromatic carbocycles. The van der Waals surface area contributed by atoms with Crippen molar-refractivity contribution in [3.63, 3.8) is 0 Å². The van der Waals surface area contributed by atoms with E-state index in [9.17, 15) is 15.3 Å². The van der Waals surface area contributed by atoms with Gasteiger partial charge in [0.15, 0.2) is 0 Å². The largest absolute Gasteiger partial charge is 0.508 e. The normalized spacial score (nSPS) is 10.8. The summed E-state index contributed by atoms with van der Waals surface area (Å²) in [6.45, 7) is 8.09. The third kappa shape index (κ3) is 6.18. The minimum atomic E-state index is -0.00387. The molecule has 0 spiro atoms. The summed E-state index contributed by atoms with van der Waals surface area (Å²) in [5.41, 5.74) is 5.39. The molecule has 0 radical (unpaired) electrons. The van der Waals surface area contributed by atoms with Gasteiger partial charge in [0.05, 0.1) is 7.11 Å². The second-order valence-corrected chi connectivity index (χ2v) is 7.57. The molecule has 0 bridgehead atoms. The second kappa shape index (κ2) is 9.87. The molecule has 2 rings (SSSR count). The summed E-state index contributed by atoms with van der Waals surface area (Å²) in [5.74, 6) is 0.859. The second-order valence-electron chi connectivity index (χ2n) is 7.57. The van der Waals surface area contributed by atoms with Crippen LogP contribution < -0.4 is 4.74 Å². The fourth-order valence-corrected chi connectivity index (χ4v) is 3.03. The summed E-state index contributed by atoms with van der Waals surface area (Å²) in [6.07, 6.45) is 8.98. The van der Waals surface area contributed by atoms with E-state index in [1.54, 1.807) is 25.3 Å². The molecule has 0 saturated heterocycles. The van der Waals surface area contributed by atoms with E-state index in [-0.39, 0.29) is 17.2 Å². The topological polar surface area (TPSA) is 69.9 Å². The van der Waals surface area contributed by atoms with Gasteiger partial charge in [0, 0.05) is 17.2 Å². The Labute approximate surface area is 173 Å². The van der Waals surface area contributed by atoms with Gasteiger partial charge in [0.2, 0.25) is 0 Å². The SMILES string of the molecule is COc1c(/C=C/c2cc(O)cc(O)c2)cc(CC=C(C)C)c(O)c1CC=C(C)C. The zero-order valence-corrected chi connectivity index (χ0v) is 17.8. The lowest BCUT2D eigenvalue weighted by atomic mass is 9.96. The first kappa shape index (κ1) is 22.2. The van der Waals surface area contributed by atoms with Gasteiger partial charge in [-0.25, -0.2) is 0 Å². The van der Waals surface area contributed by atoms with Crippen molar-refractivity contribution in [2.45, 2.75) is 40.5 Å². The number of hydrogen-bond acceptors (Lipinski definition) is 4. The Hall–Kier alpha value is -3.14.